The Morgan fingerprint density at radius 2 is 1.92 bits per heavy atom. The average molecular weight is 545 g/mol. The molecule has 1 fully saturated rings. The standard InChI is InChI=1S/C28H25ClN6O4/c1-17(36)28-21-12-18(13-23(37)19-4-3-11-30-14-19)7-10-22(21)35(33-28)16-27(39)34(20-8-9-20)15-26(38)32-25-6-2-5-24(29)31-25/h2-7,10-12,14,20H,8-9,13,15-16H2,1H3,(H,31,32,38). The van der Waals surface area contributed by atoms with Gasteiger partial charge in [0.2, 0.25) is 11.8 Å². The Hall–Kier alpha value is -4.44. The highest BCUT2D eigenvalue weighted by molar-refractivity contribution is 6.29. The summed E-state index contributed by atoms with van der Waals surface area (Å²) in [6.07, 6.45) is 4.87. The molecule has 198 valence electrons. The molecule has 1 aromatic carbocycles. The quantitative estimate of drug-likeness (QED) is 0.238. The summed E-state index contributed by atoms with van der Waals surface area (Å²) >= 11 is 5.89. The topological polar surface area (TPSA) is 127 Å². The van der Waals surface area contributed by atoms with Crippen LogP contribution < -0.4 is 5.32 Å². The van der Waals surface area contributed by atoms with Gasteiger partial charge in [-0.05, 0) is 54.8 Å². The van der Waals surface area contributed by atoms with Crippen LogP contribution in [0.2, 0.25) is 5.15 Å². The van der Waals surface area contributed by atoms with Gasteiger partial charge in [-0.25, -0.2) is 4.98 Å². The Bertz CT molecular complexity index is 1580. The molecule has 0 radical (unpaired) electrons. The number of benzene rings is 1. The van der Waals surface area contributed by atoms with E-state index in [4.69, 9.17) is 11.6 Å². The SMILES string of the molecule is CC(=O)c1nn(CC(=O)N(CC(=O)Nc2cccc(Cl)n2)C2CC2)c2ccc(CC(=O)c3cccnc3)cc12. The summed E-state index contributed by atoms with van der Waals surface area (Å²) < 4.78 is 1.48. The van der Waals surface area contributed by atoms with Crippen LogP contribution in [-0.4, -0.2) is 60.6 Å². The van der Waals surface area contributed by atoms with Crippen LogP contribution in [0.15, 0.2) is 60.9 Å². The van der Waals surface area contributed by atoms with E-state index in [1.807, 2.05) is 0 Å². The zero-order valence-corrected chi connectivity index (χ0v) is 21.9. The van der Waals surface area contributed by atoms with Crippen LogP contribution in [0.5, 0.6) is 0 Å². The van der Waals surface area contributed by atoms with Gasteiger partial charge in [-0.2, -0.15) is 5.10 Å². The molecule has 0 unspecified atom stereocenters. The lowest BCUT2D eigenvalue weighted by molar-refractivity contribution is -0.135. The van der Waals surface area contributed by atoms with Crippen molar-refractivity contribution in [3.63, 3.8) is 0 Å². The van der Waals surface area contributed by atoms with Gasteiger partial charge in [0.1, 0.15) is 29.8 Å². The number of hydrogen-bond acceptors (Lipinski definition) is 7. The molecule has 1 saturated carbocycles. The maximum Gasteiger partial charge on any atom is 0.245 e. The van der Waals surface area contributed by atoms with E-state index in [-0.39, 0.29) is 59.8 Å². The van der Waals surface area contributed by atoms with Crippen LogP contribution in [0.25, 0.3) is 10.9 Å². The summed E-state index contributed by atoms with van der Waals surface area (Å²) in [5.74, 6) is -0.725. The Morgan fingerprint density at radius 3 is 2.62 bits per heavy atom. The number of aromatic nitrogens is 4. The lowest BCUT2D eigenvalue weighted by Crippen LogP contribution is -2.41. The van der Waals surface area contributed by atoms with Crippen molar-refractivity contribution >= 4 is 51.7 Å². The molecule has 1 N–H and O–H groups in total. The van der Waals surface area contributed by atoms with Crippen LogP contribution in [0, 0.1) is 0 Å². The Balaban J connectivity index is 1.34. The van der Waals surface area contributed by atoms with E-state index in [1.165, 1.54) is 22.7 Å². The monoisotopic (exact) mass is 544 g/mol. The lowest BCUT2D eigenvalue weighted by atomic mass is 10.0. The van der Waals surface area contributed by atoms with Gasteiger partial charge in [-0.15, -0.1) is 0 Å². The number of ketones is 2. The summed E-state index contributed by atoms with van der Waals surface area (Å²) in [5, 5.41) is 7.91. The van der Waals surface area contributed by atoms with E-state index in [0.717, 1.165) is 18.4 Å². The third-order valence-corrected chi connectivity index (χ3v) is 6.60. The first-order valence-electron chi connectivity index (χ1n) is 12.4. The molecule has 10 nitrogen and oxygen atoms in total. The maximum atomic E-state index is 13.3. The number of nitrogens with zero attached hydrogens (tertiary/aromatic N) is 5. The number of Topliss-reactive ketones (excluding diaryl/α,β-unsaturated/α-hetero) is 2. The highest BCUT2D eigenvalue weighted by Gasteiger charge is 2.34. The van der Waals surface area contributed by atoms with Crippen LogP contribution in [0.1, 0.15) is 46.2 Å². The van der Waals surface area contributed by atoms with Crippen molar-refractivity contribution < 1.29 is 19.2 Å². The molecule has 1 aliphatic rings. The summed E-state index contributed by atoms with van der Waals surface area (Å²) in [6.45, 7) is 1.13. The van der Waals surface area contributed by atoms with E-state index in [1.54, 1.807) is 54.7 Å². The van der Waals surface area contributed by atoms with Crippen LogP contribution >= 0.6 is 11.6 Å². The number of rotatable bonds is 10. The fraction of sp³-hybridized carbons (Fsp3) is 0.250. The summed E-state index contributed by atoms with van der Waals surface area (Å²) in [4.78, 5) is 60.6. The molecule has 3 heterocycles. The van der Waals surface area contributed by atoms with Crippen molar-refractivity contribution in [2.45, 2.75) is 38.8 Å². The minimum absolute atomic E-state index is 0.0326. The highest BCUT2D eigenvalue weighted by Crippen LogP contribution is 2.28. The van der Waals surface area contributed by atoms with Crippen LogP contribution in [0.3, 0.4) is 0 Å². The molecule has 0 saturated heterocycles. The zero-order valence-electron chi connectivity index (χ0n) is 21.1. The number of pyridine rings is 2. The molecule has 0 atom stereocenters. The summed E-state index contributed by atoms with van der Waals surface area (Å²) in [7, 11) is 0. The number of fused-ring (bicyclic) bond motifs is 1. The summed E-state index contributed by atoms with van der Waals surface area (Å²) in [5.41, 5.74) is 2.03. The molecule has 11 heteroatoms. The first-order valence-corrected chi connectivity index (χ1v) is 12.8. The van der Waals surface area contributed by atoms with E-state index in [2.05, 4.69) is 20.4 Å². The molecular formula is C28H25ClN6O4. The zero-order chi connectivity index (χ0) is 27.5. The Kier molecular flexibility index (Phi) is 7.47. The van der Waals surface area contributed by atoms with Gasteiger partial charge in [-0.3, -0.25) is 28.8 Å². The second-order valence-electron chi connectivity index (χ2n) is 9.40. The van der Waals surface area contributed by atoms with Gasteiger partial charge < -0.3 is 10.2 Å². The summed E-state index contributed by atoms with van der Waals surface area (Å²) in [6, 6.07) is 13.6. The van der Waals surface area contributed by atoms with Gasteiger partial charge in [0, 0.05) is 42.7 Å². The maximum absolute atomic E-state index is 13.3. The van der Waals surface area contributed by atoms with Crippen LogP contribution in [0.4, 0.5) is 5.82 Å². The molecule has 0 bridgehead atoms. The fourth-order valence-electron chi connectivity index (χ4n) is 4.37. The molecule has 39 heavy (non-hydrogen) atoms. The van der Waals surface area contributed by atoms with Crippen molar-refractivity contribution in [2.24, 2.45) is 0 Å². The van der Waals surface area contributed by atoms with Crippen molar-refractivity contribution in [3.8, 4) is 0 Å². The normalized spacial score (nSPS) is 12.8. The van der Waals surface area contributed by atoms with Crippen molar-refractivity contribution in [2.75, 3.05) is 11.9 Å². The number of hydrogen-bond donors (Lipinski definition) is 1. The molecule has 1 aliphatic carbocycles. The van der Waals surface area contributed by atoms with Crippen LogP contribution in [-0.2, 0) is 22.6 Å². The predicted molar refractivity (Wildman–Crippen MR) is 145 cm³/mol. The van der Waals surface area contributed by atoms with Gasteiger partial charge >= 0.3 is 0 Å². The van der Waals surface area contributed by atoms with E-state index < -0.39 is 0 Å². The minimum Gasteiger partial charge on any atom is -0.329 e. The Morgan fingerprint density at radius 1 is 1.10 bits per heavy atom. The first kappa shape index (κ1) is 26.2. The second-order valence-corrected chi connectivity index (χ2v) is 9.79. The van der Waals surface area contributed by atoms with Gasteiger partial charge in [0.05, 0.1) is 5.52 Å². The number of halogens is 1. The Labute approximate surface area is 229 Å². The molecule has 5 rings (SSSR count). The molecule has 0 aliphatic heterocycles. The third-order valence-electron chi connectivity index (χ3n) is 6.39. The van der Waals surface area contributed by atoms with E-state index in [0.29, 0.717) is 22.3 Å². The molecule has 0 spiro atoms. The second kappa shape index (κ2) is 11.1. The van der Waals surface area contributed by atoms with Crippen molar-refractivity contribution in [1.82, 2.24) is 24.6 Å². The minimum atomic E-state index is -0.386. The number of amides is 2. The van der Waals surface area contributed by atoms with E-state index in [9.17, 15) is 19.2 Å². The van der Waals surface area contributed by atoms with Gasteiger partial charge in [-0.1, -0.05) is 23.7 Å². The predicted octanol–water partition coefficient (Wildman–Crippen LogP) is 3.74. The van der Waals surface area contributed by atoms with Crippen molar-refractivity contribution in [3.05, 3.63) is 82.9 Å². The lowest BCUT2D eigenvalue weighted by Gasteiger charge is -2.22. The fourth-order valence-corrected chi connectivity index (χ4v) is 4.54. The number of nitrogens with one attached hydrogen (secondary N) is 1. The smallest absolute Gasteiger partial charge is 0.245 e. The molecule has 3 aromatic heterocycles. The van der Waals surface area contributed by atoms with Crippen molar-refractivity contribution in [1.29, 1.82) is 0 Å². The van der Waals surface area contributed by atoms with Gasteiger partial charge in [0.15, 0.2) is 11.6 Å². The largest absolute Gasteiger partial charge is 0.329 e. The molecule has 2 amide bonds. The highest BCUT2D eigenvalue weighted by atomic mass is 35.5. The first-order chi connectivity index (χ1) is 18.8. The number of carbonyl (C=O) groups excluding carboxylic acids is 4. The number of anilines is 1. The average Bonchev–Trinajstić information content (AvgIpc) is 3.69. The molecular weight excluding hydrogens is 520 g/mol. The van der Waals surface area contributed by atoms with E-state index >= 15 is 0 Å². The third kappa shape index (κ3) is 6.18. The molecule has 4 aromatic rings. The van der Waals surface area contributed by atoms with Gasteiger partial charge in [0.25, 0.3) is 0 Å². The number of carbonyl (C=O) groups is 4.